The maximum Gasteiger partial charge on any atom is 0.165 e. The molecule has 6 aromatic carbocycles. The third-order valence-electron chi connectivity index (χ3n) is 7.69. The largest absolute Gasteiger partial charge is 0.208 e. The van der Waals surface area contributed by atoms with Gasteiger partial charge in [0.05, 0.1) is 11.6 Å². The normalized spacial score (nSPS) is 11.4. The second-order valence-corrected chi connectivity index (χ2v) is 13.5. The first-order valence-electron chi connectivity index (χ1n) is 14.7. The van der Waals surface area contributed by atoms with Gasteiger partial charge in [-0.3, -0.25) is 0 Å². The lowest BCUT2D eigenvalue weighted by Gasteiger charge is -2.43. The van der Waals surface area contributed by atoms with E-state index in [4.69, 9.17) is 15.0 Å². The van der Waals surface area contributed by atoms with Crippen molar-refractivity contribution in [1.29, 1.82) is 5.26 Å². The number of hydrogen-bond acceptors (Lipinski definition) is 4. The molecule has 0 amide bonds. The smallest absolute Gasteiger partial charge is 0.165 e. The lowest BCUT2D eigenvalue weighted by atomic mass is 10.1. The highest BCUT2D eigenvalue weighted by Crippen LogP contribution is 2.74. The lowest BCUT2D eigenvalue weighted by molar-refractivity contribution is 1.06. The molecule has 0 spiro atoms. The summed E-state index contributed by atoms with van der Waals surface area (Å²) < 4.78 is 0. The molecule has 0 fully saturated rings. The molecule has 0 saturated carbocycles. The summed E-state index contributed by atoms with van der Waals surface area (Å²) in [4.78, 5) is 20.0. The van der Waals surface area contributed by atoms with Crippen LogP contribution in [0.3, 0.4) is 0 Å². The topological polar surface area (TPSA) is 62.5 Å². The molecule has 1 heterocycles. The van der Waals surface area contributed by atoms with Crippen LogP contribution in [-0.2, 0) is 0 Å². The summed E-state index contributed by atoms with van der Waals surface area (Å²) in [6.07, 6.45) is 0. The average molecular weight is 597 g/mol. The molecule has 0 saturated heterocycles. The van der Waals surface area contributed by atoms with Gasteiger partial charge in [0, 0.05) is 36.3 Å². The average Bonchev–Trinajstić information content (AvgIpc) is 3.14. The minimum absolute atomic E-state index is 0.554. The Morgan fingerprint density at radius 1 is 0.400 bits per heavy atom. The van der Waals surface area contributed by atoms with Crippen molar-refractivity contribution in [2.24, 2.45) is 0 Å². The molecule has 214 valence electrons. The first kappa shape index (κ1) is 28.0. The van der Waals surface area contributed by atoms with Crippen LogP contribution in [0, 0.1) is 11.3 Å². The standard InChI is InChI=1S/C40H28N4S/c41-29-30-25-27-32(28-26-30)39-42-38(31-15-5-1-6-16-31)43-40(44-39)36-23-13-14-24-37(36)45(33-17-7-2-8-18-33,34-19-9-3-10-20-34)35-21-11-4-12-22-35/h1-28H. The van der Waals surface area contributed by atoms with E-state index in [1.54, 1.807) is 12.1 Å². The number of benzene rings is 6. The SMILES string of the molecule is N#Cc1ccc(-c2nc(-c3ccccc3)nc(-c3ccccc3S(c3ccccc3)(c3ccccc3)c3ccccc3)n2)cc1. The Balaban J connectivity index is 1.55. The van der Waals surface area contributed by atoms with E-state index in [0.29, 0.717) is 23.0 Å². The maximum absolute atomic E-state index is 9.38. The molecule has 5 heteroatoms. The summed E-state index contributed by atoms with van der Waals surface area (Å²) >= 11 is 0. The van der Waals surface area contributed by atoms with E-state index in [1.165, 1.54) is 14.7 Å². The van der Waals surface area contributed by atoms with Crippen LogP contribution in [0.2, 0.25) is 0 Å². The summed E-state index contributed by atoms with van der Waals surface area (Å²) in [5, 5.41) is 9.38. The minimum Gasteiger partial charge on any atom is -0.208 e. The second-order valence-electron chi connectivity index (χ2n) is 10.4. The first-order valence-corrected chi connectivity index (χ1v) is 16.3. The maximum atomic E-state index is 9.38. The van der Waals surface area contributed by atoms with Crippen LogP contribution < -0.4 is 0 Å². The molecular weight excluding hydrogens is 569 g/mol. The van der Waals surface area contributed by atoms with Crippen molar-refractivity contribution in [3.8, 4) is 40.2 Å². The Morgan fingerprint density at radius 2 is 0.800 bits per heavy atom. The van der Waals surface area contributed by atoms with Crippen LogP contribution in [0.1, 0.15) is 5.56 Å². The minimum atomic E-state index is -1.99. The molecule has 0 radical (unpaired) electrons. The molecule has 0 unspecified atom stereocenters. The third kappa shape index (κ3) is 5.29. The van der Waals surface area contributed by atoms with Gasteiger partial charge in [0.2, 0.25) is 0 Å². The Bertz CT molecular complexity index is 2000. The van der Waals surface area contributed by atoms with Gasteiger partial charge in [0.25, 0.3) is 0 Å². The number of aromatic nitrogens is 3. The van der Waals surface area contributed by atoms with E-state index in [-0.39, 0.29) is 0 Å². The molecule has 0 aliphatic carbocycles. The van der Waals surface area contributed by atoms with Crippen LogP contribution in [0.4, 0.5) is 0 Å². The predicted molar refractivity (Wildman–Crippen MR) is 181 cm³/mol. The van der Waals surface area contributed by atoms with Gasteiger partial charge in [0.1, 0.15) is 0 Å². The summed E-state index contributed by atoms with van der Waals surface area (Å²) in [6.45, 7) is 0. The highest BCUT2D eigenvalue weighted by atomic mass is 32.3. The van der Waals surface area contributed by atoms with Crippen molar-refractivity contribution in [3.05, 3.63) is 175 Å². The number of hydrogen-bond donors (Lipinski definition) is 0. The van der Waals surface area contributed by atoms with Crippen LogP contribution in [0.15, 0.2) is 189 Å². The highest BCUT2D eigenvalue weighted by molar-refractivity contribution is 8.34. The van der Waals surface area contributed by atoms with Gasteiger partial charge in [-0.25, -0.2) is 15.0 Å². The van der Waals surface area contributed by atoms with Crippen molar-refractivity contribution in [3.63, 3.8) is 0 Å². The Labute approximate surface area is 264 Å². The van der Waals surface area contributed by atoms with Gasteiger partial charge in [-0.2, -0.15) is 5.26 Å². The highest BCUT2D eigenvalue weighted by Gasteiger charge is 2.35. The zero-order valence-electron chi connectivity index (χ0n) is 24.4. The Kier molecular flexibility index (Phi) is 7.72. The van der Waals surface area contributed by atoms with Crippen molar-refractivity contribution in [2.45, 2.75) is 19.6 Å². The van der Waals surface area contributed by atoms with E-state index in [0.717, 1.165) is 21.6 Å². The molecule has 0 aliphatic rings. The van der Waals surface area contributed by atoms with Crippen LogP contribution in [0.5, 0.6) is 0 Å². The molecule has 0 N–H and O–H groups in total. The zero-order chi connectivity index (χ0) is 30.5. The molecule has 7 aromatic rings. The second kappa shape index (κ2) is 12.4. The monoisotopic (exact) mass is 596 g/mol. The molecule has 0 aliphatic heterocycles. The Hall–Kier alpha value is -5.83. The molecule has 0 atom stereocenters. The summed E-state index contributed by atoms with van der Waals surface area (Å²) in [5.74, 6) is 1.74. The van der Waals surface area contributed by atoms with Gasteiger partial charge in [-0.05, 0) is 66.7 Å². The molecule has 1 aromatic heterocycles. The molecule has 45 heavy (non-hydrogen) atoms. The van der Waals surface area contributed by atoms with Gasteiger partial charge in [-0.15, -0.1) is 10.0 Å². The first-order chi connectivity index (χ1) is 22.3. The quantitative estimate of drug-likeness (QED) is 0.184. The lowest BCUT2D eigenvalue weighted by Crippen LogP contribution is -2.08. The summed E-state index contributed by atoms with van der Waals surface area (Å²) in [5.41, 5.74) is 3.25. The summed E-state index contributed by atoms with van der Waals surface area (Å²) in [7, 11) is -1.99. The van der Waals surface area contributed by atoms with Crippen LogP contribution in [-0.4, -0.2) is 15.0 Å². The van der Waals surface area contributed by atoms with Crippen LogP contribution in [0.25, 0.3) is 34.2 Å². The number of rotatable bonds is 7. The molecular formula is C40H28N4S. The van der Waals surface area contributed by atoms with Gasteiger partial charge >= 0.3 is 0 Å². The van der Waals surface area contributed by atoms with E-state index >= 15 is 0 Å². The molecule has 4 nitrogen and oxygen atoms in total. The summed E-state index contributed by atoms with van der Waals surface area (Å²) in [6, 6.07) is 60.4. The van der Waals surface area contributed by atoms with Crippen molar-refractivity contribution in [1.82, 2.24) is 15.0 Å². The molecule has 0 bridgehead atoms. The molecule has 7 rings (SSSR count). The van der Waals surface area contributed by atoms with Crippen molar-refractivity contribution in [2.75, 3.05) is 0 Å². The fraction of sp³-hybridized carbons (Fsp3) is 0. The van der Waals surface area contributed by atoms with E-state index in [2.05, 4.69) is 121 Å². The fourth-order valence-electron chi connectivity index (χ4n) is 5.62. The third-order valence-corrected chi connectivity index (χ3v) is 11.6. The number of nitrogens with zero attached hydrogens (tertiary/aromatic N) is 4. The zero-order valence-corrected chi connectivity index (χ0v) is 25.2. The Morgan fingerprint density at radius 3 is 1.29 bits per heavy atom. The van der Waals surface area contributed by atoms with Gasteiger partial charge in [0.15, 0.2) is 17.5 Å². The van der Waals surface area contributed by atoms with E-state index < -0.39 is 10.0 Å². The fourth-order valence-corrected chi connectivity index (χ4v) is 9.66. The van der Waals surface area contributed by atoms with E-state index in [1.807, 2.05) is 42.5 Å². The number of nitriles is 1. The van der Waals surface area contributed by atoms with Gasteiger partial charge in [-0.1, -0.05) is 103 Å². The van der Waals surface area contributed by atoms with Crippen molar-refractivity contribution < 1.29 is 0 Å². The van der Waals surface area contributed by atoms with Crippen LogP contribution >= 0.6 is 10.0 Å². The van der Waals surface area contributed by atoms with E-state index in [9.17, 15) is 5.26 Å². The predicted octanol–water partition coefficient (Wildman–Crippen LogP) is 10.1. The van der Waals surface area contributed by atoms with Crippen molar-refractivity contribution >= 4 is 10.0 Å². The van der Waals surface area contributed by atoms with Gasteiger partial charge < -0.3 is 0 Å².